The van der Waals surface area contributed by atoms with Crippen LogP contribution in [0.25, 0.3) is 11.0 Å². The molecule has 6 nitrogen and oxygen atoms in total. The predicted octanol–water partition coefficient (Wildman–Crippen LogP) is 3.26. The molecule has 1 fully saturated rings. The van der Waals surface area contributed by atoms with Crippen molar-refractivity contribution in [3.05, 3.63) is 16.6 Å². The van der Waals surface area contributed by atoms with E-state index in [1.807, 2.05) is 4.68 Å². The maximum atomic E-state index is 12.3. The van der Waals surface area contributed by atoms with Crippen LogP contribution < -0.4 is 10.9 Å². The molecule has 0 bridgehead atoms. The summed E-state index contributed by atoms with van der Waals surface area (Å²) in [7, 11) is 0. The van der Waals surface area contributed by atoms with Crippen molar-refractivity contribution in [2.45, 2.75) is 71.9 Å². The molecule has 3 rings (SSSR count). The number of fused-ring (bicyclic) bond motifs is 1. The highest BCUT2D eigenvalue weighted by atomic mass is 16.1. The zero-order valence-electron chi connectivity index (χ0n) is 14.7. The first-order valence-electron chi connectivity index (χ1n) is 8.41. The molecule has 1 aliphatic rings. The lowest BCUT2D eigenvalue weighted by Gasteiger charge is -2.35. The molecule has 6 heteroatoms. The molecule has 2 N–H and O–H groups in total. The topological polar surface area (TPSA) is 75.6 Å². The summed E-state index contributed by atoms with van der Waals surface area (Å²) in [5.41, 5.74) is 0.627. The van der Waals surface area contributed by atoms with Gasteiger partial charge in [-0.25, -0.2) is 4.68 Å². The van der Waals surface area contributed by atoms with Gasteiger partial charge in [0.1, 0.15) is 5.39 Å². The van der Waals surface area contributed by atoms with Gasteiger partial charge in [0.05, 0.1) is 11.7 Å². The van der Waals surface area contributed by atoms with Crippen molar-refractivity contribution in [2.75, 3.05) is 5.32 Å². The van der Waals surface area contributed by atoms with Gasteiger partial charge < -0.3 is 5.32 Å². The Labute approximate surface area is 136 Å². The third kappa shape index (κ3) is 3.26. The van der Waals surface area contributed by atoms with Crippen LogP contribution in [-0.4, -0.2) is 25.8 Å². The summed E-state index contributed by atoms with van der Waals surface area (Å²) in [6.07, 6.45) is 6.26. The number of nitrogens with zero attached hydrogens (tertiary/aromatic N) is 3. The Morgan fingerprint density at radius 3 is 2.78 bits per heavy atom. The standard InChI is InChI=1S/C17H27N5O/c1-16(2,3)22-13-12(10-18-22)14(23)21-15(20-13)19-11-7-6-8-17(4,5)9-11/h10-11H,6-9H2,1-5H3,(H2,19,20,21,23). The molecule has 0 aromatic carbocycles. The number of H-pyrrole nitrogens is 1. The van der Waals surface area contributed by atoms with Gasteiger partial charge in [-0.2, -0.15) is 10.1 Å². The number of hydrogen-bond donors (Lipinski definition) is 2. The summed E-state index contributed by atoms with van der Waals surface area (Å²) in [4.78, 5) is 19.8. The van der Waals surface area contributed by atoms with E-state index in [-0.39, 0.29) is 11.1 Å². The third-order valence-electron chi connectivity index (χ3n) is 4.62. The molecule has 1 atom stereocenters. The van der Waals surface area contributed by atoms with Gasteiger partial charge in [-0.05, 0) is 45.4 Å². The van der Waals surface area contributed by atoms with E-state index in [0.29, 0.717) is 28.4 Å². The van der Waals surface area contributed by atoms with Crippen LogP contribution in [0.15, 0.2) is 11.0 Å². The lowest BCUT2D eigenvalue weighted by molar-refractivity contribution is 0.229. The highest BCUT2D eigenvalue weighted by Crippen LogP contribution is 2.36. The Balaban J connectivity index is 1.94. The third-order valence-corrected chi connectivity index (χ3v) is 4.62. The van der Waals surface area contributed by atoms with E-state index in [1.54, 1.807) is 6.20 Å². The fourth-order valence-corrected chi connectivity index (χ4v) is 3.49. The van der Waals surface area contributed by atoms with Crippen molar-refractivity contribution >= 4 is 17.0 Å². The van der Waals surface area contributed by atoms with E-state index >= 15 is 0 Å². The van der Waals surface area contributed by atoms with Crippen molar-refractivity contribution in [3.63, 3.8) is 0 Å². The molecule has 1 unspecified atom stereocenters. The maximum Gasteiger partial charge on any atom is 0.263 e. The summed E-state index contributed by atoms with van der Waals surface area (Å²) in [6.45, 7) is 10.8. The molecule has 1 saturated carbocycles. The molecule has 23 heavy (non-hydrogen) atoms. The Morgan fingerprint density at radius 2 is 2.13 bits per heavy atom. The second kappa shape index (κ2) is 5.35. The van der Waals surface area contributed by atoms with Crippen LogP contribution >= 0.6 is 0 Å². The summed E-state index contributed by atoms with van der Waals surface area (Å²) in [6, 6.07) is 0.352. The summed E-state index contributed by atoms with van der Waals surface area (Å²) in [5.74, 6) is 0.552. The largest absolute Gasteiger partial charge is 0.353 e. The average Bonchev–Trinajstić information content (AvgIpc) is 2.81. The van der Waals surface area contributed by atoms with Crippen LogP contribution in [0.2, 0.25) is 0 Å². The minimum atomic E-state index is -0.216. The predicted molar refractivity (Wildman–Crippen MR) is 92.8 cm³/mol. The maximum absolute atomic E-state index is 12.3. The van der Waals surface area contributed by atoms with Gasteiger partial charge in [0.25, 0.3) is 5.56 Å². The van der Waals surface area contributed by atoms with Crippen molar-refractivity contribution in [1.82, 2.24) is 19.7 Å². The zero-order valence-corrected chi connectivity index (χ0v) is 14.7. The normalized spacial score (nSPS) is 21.5. The van der Waals surface area contributed by atoms with Crippen molar-refractivity contribution in [1.29, 1.82) is 0 Å². The van der Waals surface area contributed by atoms with E-state index in [4.69, 9.17) is 0 Å². The SMILES string of the molecule is CC1(C)CCCC(Nc2nc3c(cnn3C(C)(C)C)c(=O)[nH]2)C1. The lowest BCUT2D eigenvalue weighted by Crippen LogP contribution is -2.33. The van der Waals surface area contributed by atoms with Crippen LogP contribution in [0.5, 0.6) is 0 Å². The Hall–Kier alpha value is -1.85. The summed E-state index contributed by atoms with van der Waals surface area (Å²) >= 11 is 0. The zero-order chi connectivity index (χ0) is 16.8. The monoisotopic (exact) mass is 317 g/mol. The number of anilines is 1. The highest BCUT2D eigenvalue weighted by Gasteiger charge is 2.28. The Kier molecular flexibility index (Phi) is 3.73. The van der Waals surface area contributed by atoms with E-state index in [1.165, 1.54) is 12.8 Å². The fraction of sp³-hybridized carbons (Fsp3) is 0.706. The first-order chi connectivity index (χ1) is 10.7. The molecule has 0 radical (unpaired) electrons. The van der Waals surface area contributed by atoms with Crippen molar-refractivity contribution < 1.29 is 0 Å². The Morgan fingerprint density at radius 1 is 1.39 bits per heavy atom. The summed E-state index contributed by atoms with van der Waals surface area (Å²) in [5, 5.41) is 8.31. The number of rotatable bonds is 2. The van der Waals surface area contributed by atoms with E-state index in [9.17, 15) is 4.79 Å². The molecule has 2 heterocycles. The first-order valence-corrected chi connectivity index (χ1v) is 8.41. The summed E-state index contributed by atoms with van der Waals surface area (Å²) < 4.78 is 1.81. The van der Waals surface area contributed by atoms with E-state index < -0.39 is 0 Å². The molecule has 2 aromatic heterocycles. The fourth-order valence-electron chi connectivity index (χ4n) is 3.49. The van der Waals surface area contributed by atoms with Crippen LogP contribution in [-0.2, 0) is 5.54 Å². The number of aromatic amines is 1. The Bertz CT molecular complexity index is 765. The molecule has 0 amide bonds. The molecule has 0 aliphatic heterocycles. The van der Waals surface area contributed by atoms with Gasteiger partial charge in [0.15, 0.2) is 5.65 Å². The number of aromatic nitrogens is 4. The van der Waals surface area contributed by atoms with Crippen LogP contribution in [0.1, 0.15) is 60.3 Å². The smallest absolute Gasteiger partial charge is 0.263 e. The first kappa shape index (κ1) is 16.0. The van der Waals surface area contributed by atoms with Gasteiger partial charge in [0, 0.05) is 6.04 Å². The molecular weight excluding hydrogens is 290 g/mol. The minimum Gasteiger partial charge on any atom is -0.353 e. The number of nitrogens with one attached hydrogen (secondary N) is 2. The average molecular weight is 317 g/mol. The minimum absolute atomic E-state index is 0.136. The van der Waals surface area contributed by atoms with E-state index in [0.717, 1.165) is 12.8 Å². The van der Waals surface area contributed by atoms with Gasteiger partial charge in [-0.1, -0.05) is 20.3 Å². The second-order valence-corrected chi connectivity index (χ2v) is 8.48. The molecule has 0 spiro atoms. The van der Waals surface area contributed by atoms with Gasteiger partial charge in [-0.3, -0.25) is 9.78 Å². The van der Waals surface area contributed by atoms with E-state index in [2.05, 4.69) is 55.0 Å². The lowest BCUT2D eigenvalue weighted by atomic mass is 9.75. The van der Waals surface area contributed by atoms with Crippen molar-refractivity contribution in [2.24, 2.45) is 5.41 Å². The quantitative estimate of drug-likeness (QED) is 0.891. The molecule has 1 aliphatic carbocycles. The van der Waals surface area contributed by atoms with Gasteiger partial charge in [-0.15, -0.1) is 0 Å². The molecule has 126 valence electrons. The van der Waals surface area contributed by atoms with Crippen molar-refractivity contribution in [3.8, 4) is 0 Å². The van der Waals surface area contributed by atoms with Crippen LogP contribution in [0, 0.1) is 5.41 Å². The highest BCUT2D eigenvalue weighted by molar-refractivity contribution is 5.74. The van der Waals surface area contributed by atoms with Gasteiger partial charge >= 0.3 is 0 Å². The van der Waals surface area contributed by atoms with Crippen LogP contribution in [0.4, 0.5) is 5.95 Å². The molecular formula is C17H27N5O. The molecule has 0 saturated heterocycles. The molecule has 2 aromatic rings. The van der Waals surface area contributed by atoms with Crippen LogP contribution in [0.3, 0.4) is 0 Å². The number of hydrogen-bond acceptors (Lipinski definition) is 4. The second-order valence-electron chi connectivity index (χ2n) is 8.48. The van der Waals surface area contributed by atoms with Gasteiger partial charge in [0.2, 0.25) is 5.95 Å².